The van der Waals surface area contributed by atoms with Crippen LogP contribution in [0.2, 0.25) is 0 Å². The highest BCUT2D eigenvalue weighted by Crippen LogP contribution is 2.10. The third-order valence-corrected chi connectivity index (χ3v) is 2.09. The van der Waals surface area contributed by atoms with E-state index >= 15 is 0 Å². The molecule has 0 fully saturated rings. The van der Waals surface area contributed by atoms with Crippen molar-refractivity contribution in [1.29, 1.82) is 0 Å². The molecule has 0 aromatic carbocycles. The second kappa shape index (κ2) is 6.26. The van der Waals surface area contributed by atoms with Crippen molar-refractivity contribution in [3.05, 3.63) is 0 Å². The first-order valence-electron chi connectivity index (χ1n) is 3.84. The van der Waals surface area contributed by atoms with Gasteiger partial charge in [-0.25, -0.2) is 8.78 Å². The standard InChI is InChI=1S/C7H12BrF2NO3/c1-14-6(13)5(8)2-11-3-7(9,10)4-12/h5,11-12H,2-4H2,1H3. The van der Waals surface area contributed by atoms with Crippen LogP contribution in [-0.2, 0) is 9.53 Å². The van der Waals surface area contributed by atoms with Crippen LogP contribution in [-0.4, -0.2) is 48.6 Å². The predicted molar refractivity (Wildman–Crippen MR) is 49.6 cm³/mol. The number of hydrogen-bond acceptors (Lipinski definition) is 4. The first kappa shape index (κ1) is 13.7. The first-order valence-corrected chi connectivity index (χ1v) is 4.76. The van der Waals surface area contributed by atoms with E-state index in [0.29, 0.717) is 0 Å². The summed E-state index contributed by atoms with van der Waals surface area (Å²) in [7, 11) is 1.21. The van der Waals surface area contributed by atoms with Crippen LogP contribution >= 0.6 is 15.9 Å². The molecule has 0 saturated carbocycles. The molecule has 0 aliphatic heterocycles. The van der Waals surface area contributed by atoms with E-state index in [1.54, 1.807) is 0 Å². The van der Waals surface area contributed by atoms with E-state index in [9.17, 15) is 13.6 Å². The van der Waals surface area contributed by atoms with Crippen molar-refractivity contribution in [3.63, 3.8) is 0 Å². The molecule has 4 nitrogen and oxygen atoms in total. The Morgan fingerprint density at radius 2 is 2.29 bits per heavy atom. The average molecular weight is 276 g/mol. The molecule has 14 heavy (non-hydrogen) atoms. The largest absolute Gasteiger partial charge is 0.468 e. The number of ether oxygens (including phenoxy) is 1. The molecule has 7 heteroatoms. The van der Waals surface area contributed by atoms with Crippen molar-refractivity contribution in [2.75, 3.05) is 26.8 Å². The number of hydrogen-bond donors (Lipinski definition) is 2. The molecule has 0 heterocycles. The lowest BCUT2D eigenvalue weighted by Crippen LogP contribution is -2.39. The smallest absolute Gasteiger partial charge is 0.320 e. The second-order valence-electron chi connectivity index (χ2n) is 2.64. The van der Waals surface area contributed by atoms with E-state index in [2.05, 4.69) is 26.0 Å². The number of rotatable bonds is 6. The number of esters is 1. The minimum Gasteiger partial charge on any atom is -0.468 e. The van der Waals surface area contributed by atoms with Gasteiger partial charge in [0.2, 0.25) is 0 Å². The number of methoxy groups -OCH3 is 1. The normalized spacial score (nSPS) is 13.8. The second-order valence-corrected chi connectivity index (χ2v) is 3.74. The molecule has 84 valence electrons. The van der Waals surface area contributed by atoms with Crippen LogP contribution in [0.15, 0.2) is 0 Å². The van der Waals surface area contributed by atoms with E-state index in [0.717, 1.165) is 0 Å². The number of halogens is 3. The molecule has 1 unspecified atom stereocenters. The highest BCUT2D eigenvalue weighted by Gasteiger charge is 2.27. The van der Waals surface area contributed by atoms with Crippen LogP contribution < -0.4 is 5.32 Å². The Balaban J connectivity index is 3.69. The third-order valence-electron chi connectivity index (χ3n) is 1.40. The van der Waals surface area contributed by atoms with Crippen molar-refractivity contribution in [2.45, 2.75) is 10.7 Å². The lowest BCUT2D eigenvalue weighted by molar-refractivity contribution is -0.139. The van der Waals surface area contributed by atoms with Crippen LogP contribution in [0.5, 0.6) is 0 Å². The summed E-state index contributed by atoms with van der Waals surface area (Å²) in [5, 5.41) is 10.6. The Kier molecular flexibility index (Phi) is 6.14. The van der Waals surface area contributed by atoms with Gasteiger partial charge in [0.1, 0.15) is 11.4 Å². The highest BCUT2D eigenvalue weighted by atomic mass is 79.9. The van der Waals surface area contributed by atoms with Crippen molar-refractivity contribution in [1.82, 2.24) is 5.32 Å². The zero-order valence-electron chi connectivity index (χ0n) is 7.60. The van der Waals surface area contributed by atoms with Gasteiger partial charge in [-0.3, -0.25) is 4.79 Å². The fraction of sp³-hybridized carbons (Fsp3) is 0.857. The summed E-state index contributed by atoms with van der Waals surface area (Å²) in [5.41, 5.74) is 0. The van der Waals surface area contributed by atoms with Crippen LogP contribution in [0.4, 0.5) is 8.78 Å². The summed E-state index contributed by atoms with van der Waals surface area (Å²) >= 11 is 2.95. The van der Waals surface area contributed by atoms with E-state index in [1.165, 1.54) is 7.11 Å². The molecule has 0 aromatic rings. The molecule has 2 N–H and O–H groups in total. The minimum atomic E-state index is -3.16. The summed E-state index contributed by atoms with van der Waals surface area (Å²) in [6.07, 6.45) is 0. The molecule has 0 aliphatic carbocycles. The zero-order chi connectivity index (χ0) is 11.2. The molecule has 0 saturated heterocycles. The SMILES string of the molecule is COC(=O)C(Br)CNCC(F)(F)CO. The van der Waals surface area contributed by atoms with Crippen molar-refractivity contribution < 1.29 is 23.4 Å². The molecule has 0 bridgehead atoms. The number of nitrogens with one attached hydrogen (secondary N) is 1. The van der Waals surface area contributed by atoms with Gasteiger partial charge in [0, 0.05) is 6.54 Å². The van der Waals surface area contributed by atoms with Crippen molar-refractivity contribution >= 4 is 21.9 Å². The predicted octanol–water partition coefficient (Wildman–Crippen LogP) is 0.140. The van der Waals surface area contributed by atoms with Crippen LogP contribution in [0.25, 0.3) is 0 Å². The molecular weight excluding hydrogens is 264 g/mol. The van der Waals surface area contributed by atoms with Gasteiger partial charge in [-0.2, -0.15) is 0 Å². The lowest BCUT2D eigenvalue weighted by atomic mass is 10.3. The summed E-state index contributed by atoms with van der Waals surface area (Å²) < 4.78 is 29.2. The summed E-state index contributed by atoms with van der Waals surface area (Å²) in [6.45, 7) is -1.88. The number of aliphatic hydroxyl groups excluding tert-OH is 1. The average Bonchev–Trinajstić information content (AvgIpc) is 2.16. The monoisotopic (exact) mass is 275 g/mol. The molecule has 0 aliphatic rings. The van der Waals surface area contributed by atoms with E-state index in [-0.39, 0.29) is 6.54 Å². The van der Waals surface area contributed by atoms with Gasteiger partial charge in [-0.15, -0.1) is 0 Å². The van der Waals surface area contributed by atoms with E-state index < -0.39 is 29.9 Å². The number of alkyl halides is 3. The molecule has 1 atom stereocenters. The molecule has 0 amide bonds. The van der Waals surface area contributed by atoms with Crippen molar-refractivity contribution in [3.8, 4) is 0 Å². The van der Waals surface area contributed by atoms with Crippen LogP contribution in [0.3, 0.4) is 0 Å². The highest BCUT2D eigenvalue weighted by molar-refractivity contribution is 9.10. The molecule has 0 radical (unpaired) electrons. The van der Waals surface area contributed by atoms with E-state index in [4.69, 9.17) is 5.11 Å². The first-order chi connectivity index (χ1) is 6.43. The van der Waals surface area contributed by atoms with Gasteiger partial charge < -0.3 is 15.2 Å². The maximum absolute atomic E-state index is 12.4. The molecule has 0 aromatic heterocycles. The lowest BCUT2D eigenvalue weighted by Gasteiger charge is -2.15. The molecule has 0 spiro atoms. The Hall–Kier alpha value is -0.270. The Labute approximate surface area is 88.7 Å². The topological polar surface area (TPSA) is 58.6 Å². The van der Waals surface area contributed by atoms with Gasteiger partial charge in [0.15, 0.2) is 0 Å². The number of carbonyl (C=O) groups excluding carboxylic acids is 1. The summed E-state index contributed by atoms with van der Waals surface area (Å²) in [5.74, 6) is -3.70. The Morgan fingerprint density at radius 3 is 2.71 bits per heavy atom. The fourth-order valence-electron chi connectivity index (χ4n) is 0.649. The molecule has 0 rings (SSSR count). The zero-order valence-corrected chi connectivity index (χ0v) is 9.18. The number of carbonyl (C=O) groups is 1. The Morgan fingerprint density at radius 1 is 1.71 bits per heavy atom. The minimum absolute atomic E-state index is 0.0161. The number of aliphatic hydroxyl groups is 1. The van der Waals surface area contributed by atoms with E-state index in [1.807, 2.05) is 0 Å². The molecular formula is C7H12BrF2NO3. The fourth-order valence-corrected chi connectivity index (χ4v) is 1.06. The summed E-state index contributed by atoms with van der Waals surface area (Å²) in [6, 6.07) is 0. The van der Waals surface area contributed by atoms with Gasteiger partial charge >= 0.3 is 5.97 Å². The third kappa shape index (κ3) is 5.46. The van der Waals surface area contributed by atoms with Gasteiger partial charge in [-0.1, -0.05) is 15.9 Å². The van der Waals surface area contributed by atoms with Gasteiger partial charge in [-0.05, 0) is 0 Å². The van der Waals surface area contributed by atoms with Gasteiger partial charge in [0.05, 0.1) is 13.7 Å². The Bertz CT molecular complexity index is 192. The van der Waals surface area contributed by atoms with Crippen molar-refractivity contribution in [2.24, 2.45) is 0 Å². The maximum Gasteiger partial charge on any atom is 0.320 e. The maximum atomic E-state index is 12.4. The van der Waals surface area contributed by atoms with Crippen LogP contribution in [0, 0.1) is 0 Å². The summed E-state index contributed by atoms with van der Waals surface area (Å²) in [4.78, 5) is 10.1. The quantitative estimate of drug-likeness (QED) is 0.535. The van der Waals surface area contributed by atoms with Crippen LogP contribution in [0.1, 0.15) is 0 Å². The van der Waals surface area contributed by atoms with Gasteiger partial charge in [0.25, 0.3) is 5.92 Å².